The van der Waals surface area contributed by atoms with E-state index in [0.717, 1.165) is 4.88 Å². The molecule has 4 rings (SSSR count). The van der Waals surface area contributed by atoms with E-state index in [4.69, 9.17) is 4.42 Å². The van der Waals surface area contributed by atoms with E-state index < -0.39 is 0 Å². The molecule has 3 heterocycles. The van der Waals surface area contributed by atoms with E-state index in [1.165, 1.54) is 11.8 Å². The Labute approximate surface area is 145 Å². The number of thiophene rings is 1. The summed E-state index contributed by atoms with van der Waals surface area (Å²) in [6.45, 7) is 1.94. The first-order valence-electron chi connectivity index (χ1n) is 7.24. The highest BCUT2D eigenvalue weighted by molar-refractivity contribution is 7.99. The topological polar surface area (TPSA) is 84.7 Å². The second-order valence-electron chi connectivity index (χ2n) is 5.08. The van der Waals surface area contributed by atoms with Crippen LogP contribution in [0.4, 0.5) is 0 Å². The fourth-order valence-electron chi connectivity index (χ4n) is 2.26. The first-order chi connectivity index (χ1) is 11.7. The summed E-state index contributed by atoms with van der Waals surface area (Å²) in [7, 11) is 0. The Morgan fingerprint density at radius 1 is 1.21 bits per heavy atom. The molecular formula is C16H12N4O2S2. The standard InChI is InChI=1S/C16H12N4O2S2/c1-9(13-17-11-6-3-2-5-10(11)14(21)18-13)24-16-20-19-15(22-16)12-7-4-8-23-12/h2-9H,1H3,(H,17,18,21)/t9-/m0/s1. The summed E-state index contributed by atoms with van der Waals surface area (Å²) < 4.78 is 5.67. The molecule has 0 unspecified atom stereocenters. The van der Waals surface area contributed by atoms with E-state index >= 15 is 0 Å². The summed E-state index contributed by atoms with van der Waals surface area (Å²) in [4.78, 5) is 20.4. The zero-order chi connectivity index (χ0) is 16.5. The molecular weight excluding hydrogens is 344 g/mol. The van der Waals surface area contributed by atoms with Crippen molar-refractivity contribution in [2.45, 2.75) is 17.4 Å². The SMILES string of the molecule is C[C@H](Sc1nnc(-c2cccs2)o1)c1nc2ccccc2c(=O)[nH]1. The van der Waals surface area contributed by atoms with Crippen molar-refractivity contribution < 1.29 is 4.42 Å². The number of fused-ring (bicyclic) bond motifs is 1. The van der Waals surface area contributed by atoms with Crippen molar-refractivity contribution in [3.05, 3.63) is 58.0 Å². The van der Waals surface area contributed by atoms with Crippen LogP contribution in [0.3, 0.4) is 0 Å². The van der Waals surface area contributed by atoms with Gasteiger partial charge in [-0.05, 0) is 30.5 Å². The molecule has 120 valence electrons. The van der Waals surface area contributed by atoms with E-state index in [1.807, 2.05) is 42.6 Å². The van der Waals surface area contributed by atoms with Crippen LogP contribution in [-0.2, 0) is 0 Å². The normalized spacial score (nSPS) is 12.5. The second kappa shape index (κ2) is 6.21. The Bertz CT molecular complexity index is 1040. The van der Waals surface area contributed by atoms with Crippen molar-refractivity contribution in [1.29, 1.82) is 0 Å². The molecule has 6 nitrogen and oxygen atoms in total. The minimum absolute atomic E-state index is 0.126. The van der Waals surface area contributed by atoms with Gasteiger partial charge in [-0.25, -0.2) is 4.98 Å². The van der Waals surface area contributed by atoms with Crippen LogP contribution in [0.25, 0.3) is 21.7 Å². The Hall–Kier alpha value is -2.45. The maximum Gasteiger partial charge on any atom is 0.277 e. The predicted molar refractivity (Wildman–Crippen MR) is 94.2 cm³/mol. The van der Waals surface area contributed by atoms with Gasteiger partial charge in [0, 0.05) is 0 Å². The van der Waals surface area contributed by atoms with E-state index in [2.05, 4.69) is 20.2 Å². The summed E-state index contributed by atoms with van der Waals surface area (Å²) in [5, 5.41) is 11.0. The molecule has 0 saturated carbocycles. The molecule has 0 bridgehead atoms. The Morgan fingerprint density at radius 3 is 2.92 bits per heavy atom. The van der Waals surface area contributed by atoms with Crippen molar-refractivity contribution >= 4 is 34.0 Å². The molecule has 0 fully saturated rings. The Balaban J connectivity index is 1.60. The van der Waals surface area contributed by atoms with Crippen LogP contribution in [-0.4, -0.2) is 20.2 Å². The van der Waals surface area contributed by atoms with E-state index in [1.54, 1.807) is 17.4 Å². The molecule has 0 spiro atoms. The monoisotopic (exact) mass is 356 g/mol. The lowest BCUT2D eigenvalue weighted by Crippen LogP contribution is -2.12. The third-order valence-electron chi connectivity index (χ3n) is 3.43. The van der Waals surface area contributed by atoms with Crippen molar-refractivity contribution in [3.63, 3.8) is 0 Å². The number of para-hydroxylation sites is 1. The molecule has 8 heteroatoms. The number of aromatic amines is 1. The number of thioether (sulfide) groups is 1. The van der Waals surface area contributed by atoms with Crippen LogP contribution in [0.5, 0.6) is 0 Å². The van der Waals surface area contributed by atoms with Crippen LogP contribution >= 0.6 is 23.1 Å². The third kappa shape index (κ3) is 2.85. The molecule has 0 aliphatic carbocycles. The van der Waals surface area contributed by atoms with Crippen molar-refractivity contribution in [2.24, 2.45) is 0 Å². The van der Waals surface area contributed by atoms with Gasteiger partial charge >= 0.3 is 0 Å². The number of rotatable bonds is 4. The van der Waals surface area contributed by atoms with Gasteiger partial charge in [0.1, 0.15) is 5.82 Å². The smallest absolute Gasteiger partial charge is 0.277 e. The molecule has 1 atom stereocenters. The van der Waals surface area contributed by atoms with Gasteiger partial charge in [-0.1, -0.05) is 30.0 Å². The summed E-state index contributed by atoms with van der Waals surface area (Å²) >= 11 is 2.91. The quantitative estimate of drug-likeness (QED) is 0.559. The molecule has 3 aromatic heterocycles. The van der Waals surface area contributed by atoms with Crippen LogP contribution in [0.1, 0.15) is 18.0 Å². The van der Waals surface area contributed by atoms with Gasteiger partial charge in [0.25, 0.3) is 16.7 Å². The van der Waals surface area contributed by atoms with Crippen LogP contribution in [0.2, 0.25) is 0 Å². The fourth-order valence-corrected chi connectivity index (χ4v) is 3.65. The molecule has 4 aromatic rings. The van der Waals surface area contributed by atoms with Crippen LogP contribution in [0.15, 0.2) is 56.2 Å². The summed E-state index contributed by atoms with van der Waals surface area (Å²) in [6.07, 6.45) is 0. The zero-order valence-corrected chi connectivity index (χ0v) is 14.2. The molecule has 24 heavy (non-hydrogen) atoms. The lowest BCUT2D eigenvalue weighted by Gasteiger charge is -2.08. The lowest BCUT2D eigenvalue weighted by molar-refractivity contribution is 0.465. The number of nitrogens with zero attached hydrogens (tertiary/aromatic N) is 3. The second-order valence-corrected chi connectivity index (χ2v) is 7.32. The number of H-pyrrole nitrogens is 1. The predicted octanol–water partition coefficient (Wildman–Crippen LogP) is 3.89. The van der Waals surface area contributed by atoms with Crippen LogP contribution in [0, 0.1) is 0 Å². The minimum atomic E-state index is -0.146. The van der Waals surface area contributed by atoms with E-state index in [-0.39, 0.29) is 10.8 Å². The van der Waals surface area contributed by atoms with E-state index in [0.29, 0.717) is 27.8 Å². The number of aromatic nitrogens is 4. The summed E-state index contributed by atoms with van der Waals surface area (Å²) in [5.41, 5.74) is 0.529. The van der Waals surface area contributed by atoms with Gasteiger partial charge < -0.3 is 9.40 Å². The highest BCUT2D eigenvalue weighted by Crippen LogP contribution is 2.34. The van der Waals surface area contributed by atoms with Gasteiger partial charge in [0.05, 0.1) is 21.0 Å². The molecule has 1 N–H and O–H groups in total. The zero-order valence-electron chi connectivity index (χ0n) is 12.6. The lowest BCUT2D eigenvalue weighted by atomic mass is 10.2. The highest BCUT2D eigenvalue weighted by atomic mass is 32.2. The molecule has 1 aromatic carbocycles. The van der Waals surface area contributed by atoms with Gasteiger partial charge in [0.15, 0.2) is 0 Å². The maximum atomic E-state index is 12.2. The highest BCUT2D eigenvalue weighted by Gasteiger charge is 2.17. The molecule has 0 radical (unpaired) electrons. The number of nitrogens with one attached hydrogen (secondary N) is 1. The first-order valence-corrected chi connectivity index (χ1v) is 8.99. The average molecular weight is 356 g/mol. The molecule has 0 aliphatic heterocycles. The molecule has 0 saturated heterocycles. The maximum absolute atomic E-state index is 12.2. The Kier molecular flexibility index (Phi) is 3.91. The van der Waals surface area contributed by atoms with Crippen molar-refractivity contribution in [2.75, 3.05) is 0 Å². The number of benzene rings is 1. The van der Waals surface area contributed by atoms with Crippen LogP contribution < -0.4 is 5.56 Å². The summed E-state index contributed by atoms with van der Waals surface area (Å²) in [6, 6.07) is 11.1. The van der Waals surface area contributed by atoms with Gasteiger partial charge in [0.2, 0.25) is 0 Å². The number of hydrogen-bond donors (Lipinski definition) is 1. The largest absolute Gasteiger partial charge is 0.410 e. The Morgan fingerprint density at radius 2 is 2.08 bits per heavy atom. The fraction of sp³-hybridized carbons (Fsp3) is 0.125. The summed E-state index contributed by atoms with van der Waals surface area (Å²) in [5.74, 6) is 1.08. The number of hydrogen-bond acceptors (Lipinski definition) is 7. The minimum Gasteiger partial charge on any atom is -0.410 e. The first kappa shape index (κ1) is 15.1. The average Bonchev–Trinajstić information content (AvgIpc) is 3.26. The van der Waals surface area contributed by atoms with Crippen molar-refractivity contribution in [3.8, 4) is 10.8 Å². The molecule has 0 amide bonds. The van der Waals surface area contributed by atoms with Gasteiger partial charge in [-0.2, -0.15) is 0 Å². The van der Waals surface area contributed by atoms with Gasteiger partial charge in [-0.3, -0.25) is 4.79 Å². The van der Waals surface area contributed by atoms with E-state index in [9.17, 15) is 4.79 Å². The molecule has 0 aliphatic rings. The van der Waals surface area contributed by atoms with Gasteiger partial charge in [-0.15, -0.1) is 21.5 Å². The third-order valence-corrected chi connectivity index (χ3v) is 5.23. The van der Waals surface area contributed by atoms with Crippen molar-refractivity contribution in [1.82, 2.24) is 20.2 Å².